The lowest BCUT2D eigenvalue weighted by Gasteiger charge is -2.22. The van der Waals surface area contributed by atoms with E-state index in [0.29, 0.717) is 13.1 Å². The first-order valence-electron chi connectivity index (χ1n) is 6.52. The van der Waals surface area contributed by atoms with E-state index in [-0.39, 0.29) is 0 Å². The Balaban J connectivity index is 1.88. The Kier molecular flexibility index (Phi) is 5.60. The summed E-state index contributed by atoms with van der Waals surface area (Å²) in [6.45, 7) is 3.13. The van der Waals surface area contributed by atoms with Gasteiger partial charge < -0.3 is 10.4 Å². The van der Waals surface area contributed by atoms with Crippen LogP contribution in [0, 0.1) is 0 Å². The minimum Gasteiger partial charge on any atom is -0.388 e. The maximum absolute atomic E-state index is 10.1. The first kappa shape index (κ1) is 15.5. The van der Waals surface area contributed by atoms with Gasteiger partial charge in [-0.3, -0.25) is 0 Å². The highest BCUT2D eigenvalue weighted by Crippen LogP contribution is 2.21. The second-order valence-electron chi connectivity index (χ2n) is 5.03. The molecule has 0 aliphatic carbocycles. The number of hydrogen-bond acceptors (Lipinski definition) is 5. The Bertz CT molecular complexity index is 526. The molecule has 2 rings (SSSR count). The monoisotopic (exact) mass is 308 g/mol. The summed E-state index contributed by atoms with van der Waals surface area (Å²) in [4.78, 5) is 4.62. The standard InChI is InChI=1S/C15H20N2OS2/c1-15(18,11-19-2)10-16-8-14-17-13(9-20-14)12-6-4-3-5-7-12/h3-7,9,16,18H,8,10-11H2,1-2H3. The van der Waals surface area contributed by atoms with Crippen LogP contribution in [-0.4, -0.2) is 34.2 Å². The lowest BCUT2D eigenvalue weighted by atomic mass is 10.1. The normalized spacial score (nSPS) is 14.2. The van der Waals surface area contributed by atoms with E-state index in [4.69, 9.17) is 0 Å². The molecule has 5 heteroatoms. The van der Waals surface area contributed by atoms with Crippen molar-refractivity contribution in [2.24, 2.45) is 0 Å². The van der Waals surface area contributed by atoms with Gasteiger partial charge in [-0.1, -0.05) is 30.3 Å². The van der Waals surface area contributed by atoms with Crippen molar-refractivity contribution in [3.05, 3.63) is 40.7 Å². The molecule has 2 aromatic rings. The third kappa shape index (κ3) is 4.59. The Labute approximate surface area is 128 Å². The fraction of sp³-hybridized carbons (Fsp3) is 0.400. The van der Waals surface area contributed by atoms with Gasteiger partial charge in [0.2, 0.25) is 0 Å². The lowest BCUT2D eigenvalue weighted by Crippen LogP contribution is -2.39. The molecule has 0 saturated carbocycles. The third-order valence-electron chi connectivity index (χ3n) is 2.86. The van der Waals surface area contributed by atoms with Gasteiger partial charge in [0.1, 0.15) is 5.01 Å². The van der Waals surface area contributed by atoms with Crippen LogP contribution in [0.1, 0.15) is 11.9 Å². The highest BCUT2D eigenvalue weighted by atomic mass is 32.2. The van der Waals surface area contributed by atoms with Gasteiger partial charge in [0, 0.05) is 29.8 Å². The van der Waals surface area contributed by atoms with E-state index < -0.39 is 5.60 Å². The minimum atomic E-state index is -0.668. The van der Waals surface area contributed by atoms with Gasteiger partial charge in [-0.05, 0) is 13.2 Å². The molecule has 3 nitrogen and oxygen atoms in total. The molecule has 2 N–H and O–H groups in total. The van der Waals surface area contributed by atoms with Gasteiger partial charge in [0.05, 0.1) is 11.3 Å². The van der Waals surface area contributed by atoms with Crippen molar-refractivity contribution in [3.63, 3.8) is 0 Å². The number of benzene rings is 1. The minimum absolute atomic E-state index is 0.577. The molecular formula is C15H20N2OS2. The molecule has 0 amide bonds. The van der Waals surface area contributed by atoms with Gasteiger partial charge in [0.25, 0.3) is 0 Å². The van der Waals surface area contributed by atoms with Crippen LogP contribution in [0.5, 0.6) is 0 Å². The van der Waals surface area contributed by atoms with E-state index in [1.165, 1.54) is 0 Å². The summed E-state index contributed by atoms with van der Waals surface area (Å²) in [5.41, 5.74) is 1.49. The predicted molar refractivity (Wildman–Crippen MR) is 88.3 cm³/mol. The predicted octanol–water partition coefficient (Wildman–Crippen LogP) is 3.01. The summed E-state index contributed by atoms with van der Waals surface area (Å²) in [6.07, 6.45) is 2.00. The molecule has 0 radical (unpaired) electrons. The van der Waals surface area contributed by atoms with Gasteiger partial charge in [0.15, 0.2) is 0 Å². The van der Waals surface area contributed by atoms with Gasteiger partial charge >= 0.3 is 0 Å². The molecule has 1 atom stereocenters. The first-order chi connectivity index (χ1) is 9.61. The third-order valence-corrected chi connectivity index (χ3v) is 4.62. The van der Waals surface area contributed by atoms with Crippen LogP contribution in [0.3, 0.4) is 0 Å². The van der Waals surface area contributed by atoms with Crippen molar-refractivity contribution < 1.29 is 5.11 Å². The number of hydrogen-bond donors (Lipinski definition) is 2. The van der Waals surface area contributed by atoms with Gasteiger partial charge in [-0.15, -0.1) is 11.3 Å². The van der Waals surface area contributed by atoms with Crippen molar-refractivity contribution in [1.29, 1.82) is 0 Å². The number of thioether (sulfide) groups is 1. The first-order valence-corrected chi connectivity index (χ1v) is 8.80. The lowest BCUT2D eigenvalue weighted by molar-refractivity contribution is 0.0846. The molecule has 0 aliphatic heterocycles. The fourth-order valence-electron chi connectivity index (χ4n) is 1.93. The number of aromatic nitrogens is 1. The van der Waals surface area contributed by atoms with Crippen molar-refractivity contribution >= 4 is 23.1 Å². The molecule has 1 aromatic carbocycles. The van der Waals surface area contributed by atoms with Crippen LogP contribution in [0.4, 0.5) is 0 Å². The summed E-state index contributed by atoms with van der Waals surface area (Å²) < 4.78 is 0. The van der Waals surface area contributed by atoms with Crippen LogP contribution in [0.15, 0.2) is 35.7 Å². The summed E-state index contributed by atoms with van der Waals surface area (Å²) in [5, 5.41) is 16.5. The van der Waals surface area contributed by atoms with Crippen molar-refractivity contribution in [1.82, 2.24) is 10.3 Å². The van der Waals surface area contributed by atoms with Crippen LogP contribution in [-0.2, 0) is 6.54 Å². The Morgan fingerprint density at radius 2 is 2.10 bits per heavy atom. The van der Waals surface area contributed by atoms with Crippen molar-refractivity contribution in [3.8, 4) is 11.3 Å². The maximum Gasteiger partial charge on any atom is 0.107 e. The quantitative estimate of drug-likeness (QED) is 0.825. The van der Waals surface area contributed by atoms with Crippen LogP contribution in [0.2, 0.25) is 0 Å². The zero-order valence-corrected chi connectivity index (χ0v) is 13.4. The number of nitrogens with zero attached hydrogens (tertiary/aromatic N) is 1. The van der Waals surface area contributed by atoms with Gasteiger partial charge in [-0.2, -0.15) is 11.8 Å². The fourth-order valence-corrected chi connectivity index (χ4v) is 3.43. The summed E-state index contributed by atoms with van der Waals surface area (Å²) >= 11 is 3.30. The van der Waals surface area contributed by atoms with E-state index in [1.807, 2.05) is 31.4 Å². The largest absolute Gasteiger partial charge is 0.388 e. The van der Waals surface area contributed by atoms with E-state index >= 15 is 0 Å². The number of rotatable bonds is 7. The second-order valence-corrected chi connectivity index (χ2v) is 6.83. The molecule has 0 fully saturated rings. The Morgan fingerprint density at radius 1 is 1.35 bits per heavy atom. The zero-order valence-electron chi connectivity index (χ0n) is 11.8. The summed E-state index contributed by atoms with van der Waals surface area (Å²) in [6, 6.07) is 10.2. The van der Waals surface area contributed by atoms with E-state index in [1.54, 1.807) is 23.1 Å². The molecule has 108 valence electrons. The average Bonchev–Trinajstić information content (AvgIpc) is 2.88. The molecule has 20 heavy (non-hydrogen) atoms. The Hall–Kier alpha value is -0.880. The summed E-state index contributed by atoms with van der Waals surface area (Å²) in [7, 11) is 0. The van der Waals surface area contributed by atoms with E-state index in [2.05, 4.69) is 27.8 Å². The average molecular weight is 308 g/mol. The van der Waals surface area contributed by atoms with Crippen molar-refractivity contribution in [2.45, 2.75) is 19.1 Å². The molecule has 0 bridgehead atoms. The Morgan fingerprint density at radius 3 is 2.80 bits per heavy atom. The second kappa shape index (κ2) is 7.22. The molecule has 0 saturated heterocycles. The highest BCUT2D eigenvalue weighted by molar-refractivity contribution is 7.98. The number of nitrogens with one attached hydrogen (secondary N) is 1. The maximum atomic E-state index is 10.1. The molecule has 0 spiro atoms. The molecule has 0 aliphatic rings. The topological polar surface area (TPSA) is 45.1 Å². The molecule has 1 unspecified atom stereocenters. The molecule has 1 aromatic heterocycles. The molecular weight excluding hydrogens is 288 g/mol. The van der Waals surface area contributed by atoms with Gasteiger partial charge in [-0.25, -0.2) is 4.98 Å². The SMILES string of the molecule is CSCC(C)(O)CNCc1nc(-c2ccccc2)cs1. The summed E-state index contributed by atoms with van der Waals surface area (Å²) in [5.74, 6) is 0.729. The van der Waals surface area contributed by atoms with Crippen LogP contribution in [0.25, 0.3) is 11.3 Å². The zero-order chi connectivity index (χ0) is 14.4. The van der Waals surface area contributed by atoms with Crippen LogP contribution >= 0.6 is 23.1 Å². The highest BCUT2D eigenvalue weighted by Gasteiger charge is 2.18. The van der Waals surface area contributed by atoms with E-state index in [9.17, 15) is 5.11 Å². The van der Waals surface area contributed by atoms with E-state index in [0.717, 1.165) is 22.0 Å². The number of thiazole rings is 1. The number of aliphatic hydroxyl groups is 1. The van der Waals surface area contributed by atoms with Crippen molar-refractivity contribution in [2.75, 3.05) is 18.6 Å². The smallest absolute Gasteiger partial charge is 0.107 e. The van der Waals surface area contributed by atoms with Crippen LogP contribution < -0.4 is 5.32 Å². The molecule has 1 heterocycles.